The predicted molar refractivity (Wildman–Crippen MR) is 166 cm³/mol. The highest BCUT2D eigenvalue weighted by Gasteiger charge is 2.49. The molecule has 17 heteroatoms. The van der Waals surface area contributed by atoms with E-state index in [0.717, 1.165) is 0 Å². The minimum Gasteiger partial charge on any atom is -0.479 e. The second-order valence-corrected chi connectivity index (χ2v) is 10.5. The Morgan fingerprint density at radius 2 is 1.87 bits per heavy atom. The van der Waals surface area contributed by atoms with Crippen molar-refractivity contribution in [2.45, 2.75) is 37.0 Å². The van der Waals surface area contributed by atoms with Gasteiger partial charge in [0.25, 0.3) is 11.2 Å². The molecule has 3 atom stereocenters. The molecular formula is C30H31ClN6O10. The molecule has 0 radical (unpaired) electrons. The average Bonchev–Trinajstić information content (AvgIpc) is 3.47. The number of aromatic nitrogens is 5. The van der Waals surface area contributed by atoms with Gasteiger partial charge in [-0.1, -0.05) is 30.2 Å². The number of halogens is 1. The molecule has 6 N–H and O–H groups in total. The number of ether oxygens (including phenoxy) is 3. The van der Waals surface area contributed by atoms with Crippen molar-refractivity contribution in [1.82, 2.24) is 24.1 Å². The maximum atomic E-state index is 12.9. The van der Waals surface area contributed by atoms with Gasteiger partial charge in [-0.3, -0.25) is 9.36 Å². The lowest BCUT2D eigenvalue weighted by atomic mass is 9.93. The van der Waals surface area contributed by atoms with Gasteiger partial charge < -0.3 is 44.9 Å². The predicted octanol–water partition coefficient (Wildman–Crippen LogP) is 0.575. The number of methoxy groups -OCH3 is 1. The van der Waals surface area contributed by atoms with Gasteiger partial charge in [-0.05, 0) is 34.9 Å². The molecule has 16 nitrogen and oxygen atoms in total. The number of aliphatic hydroxyl groups is 2. The summed E-state index contributed by atoms with van der Waals surface area (Å²) in [6.07, 6.45) is 3.04. The van der Waals surface area contributed by atoms with Crippen LogP contribution in [0.5, 0.6) is 0 Å². The van der Waals surface area contributed by atoms with E-state index in [1.807, 2.05) is 0 Å². The highest BCUT2D eigenvalue weighted by Crippen LogP contribution is 2.27. The number of hydrogen-bond donors (Lipinski definition) is 5. The molecule has 0 saturated heterocycles. The number of aliphatic hydroxyl groups excluding tert-OH is 2. The van der Waals surface area contributed by atoms with Crippen LogP contribution in [0.3, 0.4) is 0 Å². The SMILES string of the molecule is C#C[C@@H](O)[C@@H](O[C@@H](CO)COC(Cc1ccc(-c2cccn(CCOC)c2=O)cc1)(C(=O)O)C(=O)O)n1cnc2c(N)nc(Cl)nc21. The number of hydrogen-bond acceptors (Lipinski definition) is 12. The van der Waals surface area contributed by atoms with Crippen LogP contribution in [0.15, 0.2) is 53.7 Å². The highest BCUT2D eigenvalue weighted by atomic mass is 35.5. The molecule has 0 aliphatic rings. The number of terminal acetylenes is 1. The van der Waals surface area contributed by atoms with Crippen LogP contribution >= 0.6 is 11.6 Å². The summed E-state index contributed by atoms with van der Waals surface area (Å²) in [7, 11) is 1.52. The molecule has 248 valence electrons. The average molecular weight is 671 g/mol. The minimum absolute atomic E-state index is 0.0256. The molecule has 3 heterocycles. The molecule has 0 unspecified atom stereocenters. The number of nitrogen functional groups attached to an aromatic ring is 1. The van der Waals surface area contributed by atoms with Gasteiger partial charge in [-0.15, -0.1) is 6.42 Å². The summed E-state index contributed by atoms with van der Waals surface area (Å²) in [4.78, 5) is 49.6. The Labute approximate surface area is 271 Å². The van der Waals surface area contributed by atoms with E-state index in [9.17, 15) is 34.8 Å². The van der Waals surface area contributed by atoms with E-state index in [1.54, 1.807) is 30.5 Å². The molecule has 0 aliphatic carbocycles. The van der Waals surface area contributed by atoms with Crippen LogP contribution < -0.4 is 11.3 Å². The molecule has 4 rings (SSSR count). The number of carboxylic acids is 2. The molecule has 47 heavy (non-hydrogen) atoms. The van der Waals surface area contributed by atoms with Crippen LogP contribution in [-0.4, -0.2) is 101 Å². The normalized spacial score (nSPS) is 13.6. The first-order chi connectivity index (χ1) is 22.4. The molecule has 0 spiro atoms. The fourth-order valence-corrected chi connectivity index (χ4v) is 4.84. The molecule has 0 fully saturated rings. The zero-order valence-corrected chi connectivity index (χ0v) is 25.6. The van der Waals surface area contributed by atoms with Crippen molar-refractivity contribution in [3.05, 3.63) is 70.1 Å². The Bertz CT molecular complexity index is 1820. The Balaban J connectivity index is 1.57. The number of pyridine rings is 1. The van der Waals surface area contributed by atoms with Crippen LogP contribution in [0.25, 0.3) is 22.3 Å². The van der Waals surface area contributed by atoms with Gasteiger partial charge in [0.1, 0.15) is 11.6 Å². The number of carbonyl (C=O) groups is 2. The van der Waals surface area contributed by atoms with Gasteiger partial charge in [-0.2, -0.15) is 9.97 Å². The number of carboxylic acid groups (broad SMARTS) is 2. The third kappa shape index (κ3) is 7.58. The number of imidazole rings is 1. The molecule has 0 saturated carbocycles. The maximum Gasteiger partial charge on any atom is 0.348 e. The number of anilines is 1. The van der Waals surface area contributed by atoms with E-state index < -0.39 is 55.6 Å². The quantitative estimate of drug-likeness (QED) is 0.0623. The standard InChI is InChI=1S/C30H31ClN6O10/c1-3-21(39)26(37-16-33-22-23(32)34-29(31)35-24(22)37)47-19(14-38)15-46-30(27(41)42,28(43)44)13-17-6-8-18(9-7-17)20-5-4-10-36(25(20)40)11-12-45-2/h1,4-10,16,19,21,26,38-39H,11-15H2,2H3,(H,41,42)(H,43,44)(H2,32,34,35)/t19-,21+,26+/m0/s1. The van der Waals surface area contributed by atoms with Gasteiger partial charge in [0, 0.05) is 31.8 Å². The summed E-state index contributed by atoms with van der Waals surface area (Å²) in [5, 5.41) is 40.5. The number of nitrogens with two attached hydrogens (primary N) is 1. The van der Waals surface area contributed by atoms with Crippen LogP contribution in [0.2, 0.25) is 5.28 Å². The van der Waals surface area contributed by atoms with Gasteiger partial charge in [0.05, 0.1) is 26.1 Å². The first kappa shape index (κ1) is 35.0. The third-order valence-corrected chi connectivity index (χ3v) is 7.32. The maximum absolute atomic E-state index is 12.9. The fraction of sp³-hybridized carbons (Fsp3) is 0.333. The fourth-order valence-electron chi connectivity index (χ4n) is 4.67. The molecule has 0 aliphatic heterocycles. The zero-order valence-electron chi connectivity index (χ0n) is 24.9. The van der Waals surface area contributed by atoms with E-state index in [1.165, 1.54) is 34.7 Å². The van der Waals surface area contributed by atoms with E-state index >= 15 is 0 Å². The lowest BCUT2D eigenvalue weighted by Gasteiger charge is -2.30. The smallest absolute Gasteiger partial charge is 0.348 e. The Hall–Kier alpha value is -4.89. The number of fused-ring (bicyclic) bond motifs is 1. The van der Waals surface area contributed by atoms with Crippen LogP contribution in [0.1, 0.15) is 11.8 Å². The molecule has 0 amide bonds. The topological polar surface area (TPSA) is 234 Å². The van der Waals surface area contributed by atoms with Crippen LogP contribution in [0.4, 0.5) is 5.82 Å². The second-order valence-electron chi connectivity index (χ2n) is 10.2. The molecule has 3 aromatic heterocycles. The minimum atomic E-state index is -2.82. The van der Waals surface area contributed by atoms with Crippen molar-refractivity contribution < 1.29 is 44.2 Å². The lowest BCUT2D eigenvalue weighted by Crippen LogP contribution is -2.52. The van der Waals surface area contributed by atoms with E-state index in [0.29, 0.717) is 24.3 Å². The first-order valence-corrected chi connectivity index (χ1v) is 14.3. The largest absolute Gasteiger partial charge is 0.479 e. The monoisotopic (exact) mass is 670 g/mol. The Morgan fingerprint density at radius 3 is 2.49 bits per heavy atom. The van der Waals surface area contributed by atoms with Crippen molar-refractivity contribution in [3.63, 3.8) is 0 Å². The van der Waals surface area contributed by atoms with Crippen molar-refractivity contribution in [3.8, 4) is 23.5 Å². The van der Waals surface area contributed by atoms with Crippen molar-refractivity contribution >= 4 is 40.5 Å². The lowest BCUT2D eigenvalue weighted by molar-refractivity contribution is -0.195. The third-order valence-electron chi connectivity index (χ3n) is 7.15. The van der Waals surface area contributed by atoms with Crippen LogP contribution in [0, 0.1) is 12.3 Å². The van der Waals surface area contributed by atoms with Gasteiger partial charge in [0.15, 0.2) is 23.8 Å². The van der Waals surface area contributed by atoms with Crippen molar-refractivity contribution in [1.29, 1.82) is 0 Å². The molecule has 4 aromatic rings. The number of aliphatic carboxylic acids is 2. The van der Waals surface area contributed by atoms with Crippen LogP contribution in [-0.2, 0) is 36.8 Å². The first-order valence-electron chi connectivity index (χ1n) is 13.9. The Morgan fingerprint density at radius 1 is 1.17 bits per heavy atom. The van der Waals surface area contributed by atoms with E-state index in [2.05, 4.69) is 20.9 Å². The van der Waals surface area contributed by atoms with Crippen molar-refractivity contribution in [2.24, 2.45) is 0 Å². The summed E-state index contributed by atoms with van der Waals surface area (Å²) in [5.74, 6) is -1.63. The van der Waals surface area contributed by atoms with Gasteiger partial charge >= 0.3 is 11.9 Å². The summed E-state index contributed by atoms with van der Waals surface area (Å²) in [5.41, 5.74) is 4.04. The summed E-state index contributed by atoms with van der Waals surface area (Å²) in [6, 6.07) is 9.41. The van der Waals surface area contributed by atoms with Gasteiger partial charge in [0.2, 0.25) is 5.28 Å². The molecule has 0 bridgehead atoms. The van der Waals surface area contributed by atoms with Crippen molar-refractivity contribution in [2.75, 3.05) is 32.7 Å². The summed E-state index contributed by atoms with van der Waals surface area (Å²) in [6.45, 7) is -0.894. The summed E-state index contributed by atoms with van der Waals surface area (Å²) < 4.78 is 19.0. The Kier molecular flexibility index (Phi) is 11.3. The second kappa shape index (κ2) is 15.1. The van der Waals surface area contributed by atoms with E-state index in [-0.39, 0.29) is 33.4 Å². The number of nitrogens with zero attached hydrogens (tertiary/aromatic N) is 5. The molecule has 1 aromatic carbocycles. The summed E-state index contributed by atoms with van der Waals surface area (Å²) >= 11 is 5.92. The highest BCUT2D eigenvalue weighted by molar-refractivity contribution is 6.28. The number of rotatable bonds is 16. The molecular weight excluding hydrogens is 640 g/mol. The zero-order chi connectivity index (χ0) is 34.3. The number of benzene rings is 1. The van der Waals surface area contributed by atoms with Gasteiger partial charge in [-0.25, -0.2) is 14.6 Å². The van der Waals surface area contributed by atoms with E-state index in [4.69, 9.17) is 38.0 Å².